The zero-order valence-corrected chi connectivity index (χ0v) is 10.2. The maximum Gasteiger partial charge on any atom is 0.240 e. The highest BCUT2D eigenvalue weighted by atomic mass is 16.2. The number of rotatable bonds is 5. The Morgan fingerprint density at radius 2 is 2.00 bits per heavy atom. The van der Waals surface area contributed by atoms with Crippen molar-refractivity contribution in [3.63, 3.8) is 0 Å². The van der Waals surface area contributed by atoms with E-state index < -0.39 is 5.54 Å². The summed E-state index contributed by atoms with van der Waals surface area (Å²) < 4.78 is 0. The number of likely N-dealkylation sites (N-methyl/N-ethyl adjacent to an activating group) is 1. The minimum Gasteiger partial charge on any atom is -0.353 e. The first-order chi connectivity index (χ1) is 6.87. The number of nitrogens with zero attached hydrogens (tertiary/aromatic N) is 1. The minimum atomic E-state index is -0.548. The highest BCUT2D eigenvalue weighted by Crippen LogP contribution is 2.32. The van der Waals surface area contributed by atoms with Crippen molar-refractivity contribution in [1.29, 1.82) is 0 Å². The Balaban J connectivity index is 2.37. The van der Waals surface area contributed by atoms with Gasteiger partial charge in [-0.05, 0) is 32.9 Å². The molecule has 88 valence electrons. The number of carbonyl (C=O) groups excluding carboxylic acids is 1. The van der Waals surface area contributed by atoms with Crippen molar-refractivity contribution in [2.75, 3.05) is 20.6 Å². The molecule has 1 fully saturated rings. The number of nitrogens with two attached hydrogens (primary N) is 1. The standard InChI is InChI=1S/C11H23N3O/c1-8(2)9(14(3)4)7-13-10(15)11(12)5-6-11/h8-9H,5-7,12H2,1-4H3,(H,13,15). The van der Waals surface area contributed by atoms with E-state index in [0.717, 1.165) is 12.8 Å². The van der Waals surface area contributed by atoms with E-state index in [1.54, 1.807) is 0 Å². The molecule has 0 spiro atoms. The van der Waals surface area contributed by atoms with Gasteiger partial charge in [-0.3, -0.25) is 4.79 Å². The van der Waals surface area contributed by atoms with Crippen LogP contribution >= 0.6 is 0 Å². The molecule has 1 aliphatic carbocycles. The van der Waals surface area contributed by atoms with Crippen LogP contribution in [0.3, 0.4) is 0 Å². The van der Waals surface area contributed by atoms with Crippen LogP contribution in [0.15, 0.2) is 0 Å². The van der Waals surface area contributed by atoms with Gasteiger partial charge in [0, 0.05) is 12.6 Å². The van der Waals surface area contributed by atoms with Crippen LogP contribution in [-0.2, 0) is 4.79 Å². The van der Waals surface area contributed by atoms with Crippen molar-refractivity contribution >= 4 is 5.91 Å². The first kappa shape index (κ1) is 12.5. The van der Waals surface area contributed by atoms with Gasteiger partial charge in [0.25, 0.3) is 0 Å². The molecular weight excluding hydrogens is 190 g/mol. The minimum absolute atomic E-state index is 0.00926. The van der Waals surface area contributed by atoms with Crippen LogP contribution < -0.4 is 11.1 Å². The third kappa shape index (κ3) is 3.18. The number of hydrogen-bond donors (Lipinski definition) is 2. The van der Waals surface area contributed by atoms with Crippen LogP contribution in [0.2, 0.25) is 0 Å². The molecule has 4 heteroatoms. The second-order valence-corrected chi connectivity index (χ2v) is 5.14. The molecule has 0 bridgehead atoms. The van der Waals surface area contributed by atoms with E-state index in [9.17, 15) is 4.79 Å². The molecule has 1 amide bonds. The van der Waals surface area contributed by atoms with E-state index >= 15 is 0 Å². The predicted octanol–water partition coefficient (Wildman–Crippen LogP) is 0.180. The summed E-state index contributed by atoms with van der Waals surface area (Å²) in [6.45, 7) is 5.00. The van der Waals surface area contributed by atoms with Gasteiger partial charge in [-0.15, -0.1) is 0 Å². The molecule has 0 aromatic carbocycles. The van der Waals surface area contributed by atoms with Gasteiger partial charge in [-0.2, -0.15) is 0 Å². The highest BCUT2D eigenvalue weighted by molar-refractivity contribution is 5.88. The van der Waals surface area contributed by atoms with Crippen LogP contribution in [0.25, 0.3) is 0 Å². The van der Waals surface area contributed by atoms with Gasteiger partial charge < -0.3 is 16.0 Å². The van der Waals surface area contributed by atoms with Gasteiger partial charge in [0.1, 0.15) is 0 Å². The summed E-state index contributed by atoms with van der Waals surface area (Å²) in [5, 5.41) is 2.94. The third-order valence-electron chi connectivity index (χ3n) is 3.15. The third-order valence-corrected chi connectivity index (χ3v) is 3.15. The Morgan fingerprint density at radius 1 is 1.47 bits per heavy atom. The molecule has 0 saturated heterocycles. The van der Waals surface area contributed by atoms with Crippen molar-refractivity contribution in [1.82, 2.24) is 10.2 Å². The molecule has 15 heavy (non-hydrogen) atoms. The Bertz CT molecular complexity index is 226. The molecule has 0 aromatic heterocycles. The topological polar surface area (TPSA) is 58.4 Å². The van der Waals surface area contributed by atoms with E-state index in [1.165, 1.54) is 0 Å². The smallest absolute Gasteiger partial charge is 0.240 e. The first-order valence-corrected chi connectivity index (χ1v) is 5.60. The van der Waals surface area contributed by atoms with Crippen LogP contribution in [-0.4, -0.2) is 43.0 Å². The molecule has 0 aliphatic heterocycles. The number of nitrogens with one attached hydrogen (secondary N) is 1. The molecule has 0 aromatic rings. The quantitative estimate of drug-likeness (QED) is 0.685. The van der Waals surface area contributed by atoms with E-state index in [0.29, 0.717) is 18.5 Å². The monoisotopic (exact) mass is 213 g/mol. The summed E-state index contributed by atoms with van der Waals surface area (Å²) in [6.07, 6.45) is 1.65. The second-order valence-electron chi connectivity index (χ2n) is 5.14. The van der Waals surface area contributed by atoms with Crippen molar-refractivity contribution < 1.29 is 4.79 Å². The first-order valence-electron chi connectivity index (χ1n) is 5.60. The maximum atomic E-state index is 11.6. The summed E-state index contributed by atoms with van der Waals surface area (Å²) in [7, 11) is 4.07. The molecule has 1 rings (SSSR count). The maximum absolute atomic E-state index is 11.6. The lowest BCUT2D eigenvalue weighted by Gasteiger charge is -2.28. The largest absolute Gasteiger partial charge is 0.353 e. The predicted molar refractivity (Wildman–Crippen MR) is 61.5 cm³/mol. The Kier molecular flexibility index (Phi) is 3.73. The summed E-state index contributed by atoms with van der Waals surface area (Å²) in [6, 6.07) is 0.372. The average Bonchev–Trinajstić information content (AvgIpc) is 2.83. The molecule has 3 N–H and O–H groups in total. The summed E-state index contributed by atoms with van der Waals surface area (Å²) in [5.74, 6) is 0.531. The Hall–Kier alpha value is -0.610. The van der Waals surface area contributed by atoms with E-state index in [-0.39, 0.29) is 5.91 Å². The molecule has 4 nitrogen and oxygen atoms in total. The molecule has 1 aliphatic rings. The Morgan fingerprint density at radius 3 is 2.33 bits per heavy atom. The van der Waals surface area contributed by atoms with Crippen molar-refractivity contribution in [2.24, 2.45) is 11.7 Å². The summed E-state index contributed by atoms with van der Waals surface area (Å²) >= 11 is 0. The van der Waals surface area contributed by atoms with Crippen LogP contribution in [0, 0.1) is 5.92 Å². The van der Waals surface area contributed by atoms with Gasteiger partial charge in [0.15, 0.2) is 0 Å². The molecule has 1 saturated carbocycles. The fourth-order valence-corrected chi connectivity index (χ4v) is 1.75. The number of amides is 1. The van der Waals surface area contributed by atoms with Crippen molar-refractivity contribution in [3.05, 3.63) is 0 Å². The van der Waals surface area contributed by atoms with Crippen LogP contribution in [0.4, 0.5) is 0 Å². The summed E-state index contributed by atoms with van der Waals surface area (Å²) in [5.41, 5.74) is 5.26. The normalized spacial score (nSPS) is 20.5. The highest BCUT2D eigenvalue weighted by Gasteiger charge is 2.45. The fraction of sp³-hybridized carbons (Fsp3) is 0.909. The Labute approximate surface area is 92.2 Å². The average molecular weight is 213 g/mol. The zero-order valence-electron chi connectivity index (χ0n) is 10.2. The number of carbonyl (C=O) groups is 1. The van der Waals surface area contributed by atoms with Gasteiger partial charge in [-0.25, -0.2) is 0 Å². The summed E-state index contributed by atoms with van der Waals surface area (Å²) in [4.78, 5) is 13.8. The lowest BCUT2D eigenvalue weighted by Crippen LogP contribution is -2.49. The SMILES string of the molecule is CC(C)C(CNC(=O)C1(N)CC1)N(C)C. The van der Waals surface area contributed by atoms with Gasteiger partial charge >= 0.3 is 0 Å². The molecule has 1 atom stereocenters. The fourth-order valence-electron chi connectivity index (χ4n) is 1.75. The molecule has 0 radical (unpaired) electrons. The van der Waals surface area contributed by atoms with E-state index in [2.05, 4.69) is 24.1 Å². The molecular formula is C11H23N3O. The van der Waals surface area contributed by atoms with E-state index in [1.807, 2.05) is 14.1 Å². The number of hydrogen-bond acceptors (Lipinski definition) is 3. The van der Waals surface area contributed by atoms with Gasteiger partial charge in [0.05, 0.1) is 5.54 Å². The lowest BCUT2D eigenvalue weighted by molar-refractivity contribution is -0.123. The van der Waals surface area contributed by atoms with E-state index in [4.69, 9.17) is 5.73 Å². The van der Waals surface area contributed by atoms with Crippen LogP contribution in [0.1, 0.15) is 26.7 Å². The lowest BCUT2D eigenvalue weighted by atomic mass is 10.0. The van der Waals surface area contributed by atoms with Gasteiger partial charge in [-0.1, -0.05) is 13.8 Å². The second kappa shape index (κ2) is 4.49. The molecule has 0 heterocycles. The van der Waals surface area contributed by atoms with Gasteiger partial charge in [0.2, 0.25) is 5.91 Å². The van der Waals surface area contributed by atoms with Crippen molar-refractivity contribution in [3.8, 4) is 0 Å². The van der Waals surface area contributed by atoms with Crippen molar-refractivity contribution in [2.45, 2.75) is 38.3 Å². The van der Waals surface area contributed by atoms with Crippen LogP contribution in [0.5, 0.6) is 0 Å². The zero-order chi connectivity index (χ0) is 11.6. The molecule has 1 unspecified atom stereocenters.